The molecule has 9 heteroatoms. The van der Waals surface area contributed by atoms with Crippen LogP contribution in [0.25, 0.3) is 0 Å². The van der Waals surface area contributed by atoms with Gasteiger partial charge in [-0.3, -0.25) is 4.79 Å². The fourth-order valence-electron chi connectivity index (χ4n) is 4.57. The number of ether oxygens (including phenoxy) is 4. The minimum absolute atomic E-state index is 0.0121. The summed E-state index contributed by atoms with van der Waals surface area (Å²) in [5.74, 6) is 1.57. The van der Waals surface area contributed by atoms with Crippen LogP contribution in [0.5, 0.6) is 23.0 Å². The first kappa shape index (κ1) is 26.2. The van der Waals surface area contributed by atoms with Crippen molar-refractivity contribution in [3.05, 3.63) is 76.9 Å². The van der Waals surface area contributed by atoms with E-state index in [9.17, 15) is 18.0 Å². The van der Waals surface area contributed by atoms with Crippen LogP contribution in [-0.4, -0.2) is 33.3 Å². The largest absolute Gasteiger partial charge is 0.493 e. The summed E-state index contributed by atoms with van der Waals surface area (Å²) in [6.45, 7) is 4.49. The number of carbonyl (C=O) groups excluding carboxylic acids is 1. The lowest BCUT2D eigenvalue weighted by Crippen LogP contribution is -2.41. The number of hydrogen-bond acceptors (Lipinski definition) is 5. The van der Waals surface area contributed by atoms with Crippen molar-refractivity contribution in [2.45, 2.75) is 32.5 Å². The van der Waals surface area contributed by atoms with E-state index in [1.54, 1.807) is 30.3 Å². The van der Waals surface area contributed by atoms with Crippen LogP contribution < -0.4 is 23.8 Å². The Bertz CT molecular complexity index is 1290. The molecule has 0 fully saturated rings. The number of alkyl halides is 3. The maximum atomic E-state index is 13.6. The third kappa shape index (κ3) is 5.16. The molecule has 0 saturated heterocycles. The van der Waals surface area contributed by atoms with Gasteiger partial charge in [-0.25, -0.2) is 0 Å². The molecule has 1 atom stereocenters. The molecule has 0 N–H and O–H groups in total. The van der Waals surface area contributed by atoms with Crippen molar-refractivity contribution in [3.63, 3.8) is 0 Å². The first-order chi connectivity index (χ1) is 17.7. The molecule has 0 bridgehead atoms. The van der Waals surface area contributed by atoms with Crippen LogP contribution in [0.4, 0.5) is 18.9 Å². The lowest BCUT2D eigenvalue weighted by molar-refractivity contribution is -0.137. The van der Waals surface area contributed by atoms with Crippen LogP contribution in [0.15, 0.2) is 54.6 Å². The van der Waals surface area contributed by atoms with Crippen LogP contribution in [0.3, 0.4) is 0 Å². The molecule has 0 saturated carbocycles. The normalized spacial score (nSPS) is 15.3. The number of anilines is 1. The Morgan fingerprint density at radius 1 is 0.865 bits per heavy atom. The first-order valence-corrected chi connectivity index (χ1v) is 11.8. The third-order valence-corrected chi connectivity index (χ3v) is 6.14. The van der Waals surface area contributed by atoms with Gasteiger partial charge in [0.05, 0.1) is 45.5 Å². The summed E-state index contributed by atoms with van der Waals surface area (Å²) in [7, 11) is 3.00. The Labute approximate surface area is 213 Å². The summed E-state index contributed by atoms with van der Waals surface area (Å²) in [5.41, 5.74) is 1.36. The van der Waals surface area contributed by atoms with Crippen LogP contribution in [0, 0.1) is 0 Å². The van der Waals surface area contributed by atoms with Crippen molar-refractivity contribution in [1.29, 1.82) is 0 Å². The molecule has 3 aromatic carbocycles. The van der Waals surface area contributed by atoms with Crippen LogP contribution >= 0.6 is 0 Å². The second-order valence-corrected chi connectivity index (χ2v) is 8.37. The monoisotopic (exact) mass is 515 g/mol. The van der Waals surface area contributed by atoms with Crippen molar-refractivity contribution < 1.29 is 36.9 Å². The summed E-state index contributed by atoms with van der Waals surface area (Å²) in [6.07, 6.45) is -4.57. The molecule has 1 amide bonds. The second kappa shape index (κ2) is 10.6. The number of halogens is 3. The standard InChI is InChI=1S/C28H28F3NO5/c1-5-36-24-13-18-14-26(33)32(20-9-7-8-19(15-20)28(29,30)31)27(21(18)16-25(24)37-6-2)17-10-11-22(34-3)23(12-17)35-4/h7-13,15-16,27H,5-6,14H2,1-4H3/t27-/m1/s1. The molecule has 3 aromatic rings. The lowest BCUT2D eigenvalue weighted by Gasteiger charge is -2.38. The number of fused-ring (bicyclic) bond motifs is 1. The zero-order chi connectivity index (χ0) is 26.7. The molecule has 0 spiro atoms. The number of nitrogens with zero attached hydrogens (tertiary/aromatic N) is 1. The number of rotatable bonds is 8. The summed E-state index contributed by atoms with van der Waals surface area (Å²) in [4.78, 5) is 15.0. The van der Waals surface area contributed by atoms with Crippen LogP contribution in [-0.2, 0) is 17.4 Å². The highest BCUT2D eigenvalue weighted by molar-refractivity contribution is 5.98. The van der Waals surface area contributed by atoms with E-state index in [1.807, 2.05) is 13.8 Å². The molecule has 0 aromatic heterocycles. The van der Waals surface area contributed by atoms with E-state index in [2.05, 4.69) is 0 Å². The first-order valence-electron chi connectivity index (χ1n) is 11.8. The molecule has 0 aliphatic carbocycles. The van der Waals surface area contributed by atoms with Gasteiger partial charge in [-0.1, -0.05) is 12.1 Å². The van der Waals surface area contributed by atoms with Crippen molar-refractivity contribution in [2.24, 2.45) is 0 Å². The predicted octanol–water partition coefficient (Wildman–Crippen LogP) is 6.20. The van der Waals surface area contributed by atoms with E-state index in [-0.39, 0.29) is 18.0 Å². The average Bonchev–Trinajstić information content (AvgIpc) is 2.88. The summed E-state index contributed by atoms with van der Waals surface area (Å²) < 4.78 is 63.1. The van der Waals surface area contributed by atoms with Gasteiger partial charge >= 0.3 is 6.18 Å². The lowest BCUT2D eigenvalue weighted by atomic mass is 9.86. The highest BCUT2D eigenvalue weighted by atomic mass is 19.4. The fraction of sp³-hybridized carbons (Fsp3) is 0.321. The molecular weight excluding hydrogens is 487 g/mol. The van der Waals surface area contributed by atoms with Gasteiger partial charge in [-0.15, -0.1) is 0 Å². The van der Waals surface area contributed by atoms with Gasteiger partial charge < -0.3 is 23.8 Å². The molecular formula is C28H28F3NO5. The van der Waals surface area contributed by atoms with Crippen molar-refractivity contribution in [3.8, 4) is 23.0 Å². The average molecular weight is 516 g/mol. The zero-order valence-electron chi connectivity index (χ0n) is 21.0. The van der Waals surface area contributed by atoms with E-state index in [0.717, 1.165) is 17.7 Å². The van der Waals surface area contributed by atoms with Gasteiger partial charge in [-0.2, -0.15) is 13.2 Å². The van der Waals surface area contributed by atoms with E-state index < -0.39 is 17.8 Å². The topological polar surface area (TPSA) is 57.2 Å². The second-order valence-electron chi connectivity index (χ2n) is 8.37. The number of amides is 1. The molecule has 37 heavy (non-hydrogen) atoms. The molecule has 6 nitrogen and oxygen atoms in total. The molecule has 1 aliphatic rings. The Hall–Kier alpha value is -3.88. The van der Waals surface area contributed by atoms with E-state index in [0.29, 0.717) is 47.3 Å². The van der Waals surface area contributed by atoms with Crippen LogP contribution in [0.1, 0.15) is 42.1 Å². The Morgan fingerprint density at radius 2 is 1.54 bits per heavy atom. The van der Waals surface area contributed by atoms with Gasteiger partial charge in [0, 0.05) is 5.69 Å². The van der Waals surface area contributed by atoms with Crippen molar-refractivity contribution >= 4 is 11.6 Å². The van der Waals surface area contributed by atoms with Gasteiger partial charge in [0.15, 0.2) is 23.0 Å². The molecule has 1 heterocycles. The maximum Gasteiger partial charge on any atom is 0.416 e. The van der Waals surface area contributed by atoms with Crippen molar-refractivity contribution in [2.75, 3.05) is 32.3 Å². The summed E-state index contributed by atoms with van der Waals surface area (Å²) >= 11 is 0. The van der Waals surface area contributed by atoms with Gasteiger partial charge in [0.25, 0.3) is 0 Å². The quantitative estimate of drug-likeness (QED) is 0.358. The molecule has 0 radical (unpaired) electrons. The summed E-state index contributed by atoms with van der Waals surface area (Å²) in [6, 6.07) is 12.8. The Morgan fingerprint density at radius 3 is 2.16 bits per heavy atom. The molecule has 4 rings (SSSR count). The fourth-order valence-corrected chi connectivity index (χ4v) is 4.57. The number of methoxy groups -OCH3 is 2. The zero-order valence-corrected chi connectivity index (χ0v) is 21.0. The van der Waals surface area contributed by atoms with Gasteiger partial charge in [0.1, 0.15) is 0 Å². The SMILES string of the molecule is CCOc1cc2c(cc1OCC)[C@@H](c1ccc(OC)c(OC)c1)N(c1cccc(C(F)(F)F)c1)C(=O)C2. The maximum absolute atomic E-state index is 13.6. The molecule has 196 valence electrons. The molecule has 1 aliphatic heterocycles. The van der Waals surface area contributed by atoms with E-state index in [4.69, 9.17) is 18.9 Å². The third-order valence-electron chi connectivity index (χ3n) is 6.14. The predicted molar refractivity (Wildman–Crippen MR) is 133 cm³/mol. The number of hydrogen-bond donors (Lipinski definition) is 0. The van der Waals surface area contributed by atoms with Gasteiger partial charge in [0.2, 0.25) is 5.91 Å². The van der Waals surface area contributed by atoms with E-state index >= 15 is 0 Å². The summed E-state index contributed by atoms with van der Waals surface area (Å²) in [5, 5.41) is 0. The Kier molecular flexibility index (Phi) is 7.52. The van der Waals surface area contributed by atoms with Crippen molar-refractivity contribution in [1.82, 2.24) is 0 Å². The van der Waals surface area contributed by atoms with Crippen LogP contribution in [0.2, 0.25) is 0 Å². The Balaban J connectivity index is 1.96. The number of benzene rings is 3. The minimum atomic E-state index is -4.56. The number of carbonyl (C=O) groups is 1. The minimum Gasteiger partial charge on any atom is -0.493 e. The highest BCUT2D eigenvalue weighted by Gasteiger charge is 2.38. The van der Waals surface area contributed by atoms with E-state index in [1.165, 1.54) is 31.3 Å². The highest BCUT2D eigenvalue weighted by Crippen LogP contribution is 2.45. The smallest absolute Gasteiger partial charge is 0.416 e. The molecule has 0 unspecified atom stereocenters. The van der Waals surface area contributed by atoms with Gasteiger partial charge in [-0.05, 0) is 73.0 Å².